The van der Waals surface area contributed by atoms with Crippen LogP contribution in [0.15, 0.2) is 0 Å². The van der Waals surface area contributed by atoms with Crippen LogP contribution in [0.25, 0.3) is 0 Å². The predicted octanol–water partition coefficient (Wildman–Crippen LogP) is 1.69. The third-order valence-corrected chi connectivity index (χ3v) is 3.85. The standard InChI is InChI=1S/C14H22O5/c1-3-5-8-18-14(16)12-10-7-6-9(19-10)11(12)13(15)17-4-2/h9-12H,3-8H2,1-2H3/t9-,10+,11-,12+/m0/s1. The minimum Gasteiger partial charge on any atom is -0.466 e. The van der Waals surface area contributed by atoms with Gasteiger partial charge in [-0.25, -0.2) is 0 Å². The second-order valence-electron chi connectivity index (χ2n) is 5.12. The highest BCUT2D eigenvalue weighted by Gasteiger charge is 2.56. The van der Waals surface area contributed by atoms with Crippen molar-refractivity contribution in [1.82, 2.24) is 0 Å². The van der Waals surface area contributed by atoms with Gasteiger partial charge < -0.3 is 14.2 Å². The first-order chi connectivity index (χ1) is 9.19. The van der Waals surface area contributed by atoms with Gasteiger partial charge in [-0.3, -0.25) is 9.59 Å². The van der Waals surface area contributed by atoms with Crippen molar-refractivity contribution in [2.75, 3.05) is 13.2 Å². The van der Waals surface area contributed by atoms with Crippen molar-refractivity contribution < 1.29 is 23.8 Å². The SMILES string of the molecule is CCCCOC(=O)[C@H]1[C@@H](C(=O)OCC)[C@@H]2CC[C@H]1O2. The van der Waals surface area contributed by atoms with Crippen LogP contribution in [-0.2, 0) is 23.8 Å². The maximum atomic E-state index is 12.1. The maximum absolute atomic E-state index is 12.1. The van der Waals surface area contributed by atoms with Crippen LogP contribution in [-0.4, -0.2) is 37.4 Å². The average Bonchev–Trinajstić information content (AvgIpc) is 2.99. The first-order valence-corrected chi connectivity index (χ1v) is 7.17. The number of carbonyl (C=O) groups excluding carboxylic acids is 2. The molecule has 19 heavy (non-hydrogen) atoms. The molecule has 2 rings (SSSR count). The van der Waals surface area contributed by atoms with E-state index < -0.39 is 11.8 Å². The van der Waals surface area contributed by atoms with Gasteiger partial charge in [0.1, 0.15) is 0 Å². The van der Waals surface area contributed by atoms with E-state index in [4.69, 9.17) is 14.2 Å². The predicted molar refractivity (Wildman–Crippen MR) is 67.4 cm³/mol. The molecule has 0 radical (unpaired) electrons. The van der Waals surface area contributed by atoms with Crippen LogP contribution in [0.3, 0.4) is 0 Å². The number of carbonyl (C=O) groups is 2. The van der Waals surface area contributed by atoms with E-state index in [9.17, 15) is 9.59 Å². The van der Waals surface area contributed by atoms with Crippen LogP contribution in [0.2, 0.25) is 0 Å². The molecule has 108 valence electrons. The quantitative estimate of drug-likeness (QED) is 0.543. The van der Waals surface area contributed by atoms with Crippen molar-refractivity contribution in [2.45, 2.75) is 51.7 Å². The third-order valence-electron chi connectivity index (χ3n) is 3.85. The number of rotatable bonds is 6. The lowest BCUT2D eigenvalue weighted by atomic mass is 9.79. The van der Waals surface area contributed by atoms with E-state index in [2.05, 4.69) is 0 Å². The highest BCUT2D eigenvalue weighted by molar-refractivity contribution is 5.84. The Bertz CT molecular complexity index is 341. The Balaban J connectivity index is 1.99. The fourth-order valence-corrected chi connectivity index (χ4v) is 2.93. The molecule has 0 aromatic rings. The fourth-order valence-electron chi connectivity index (χ4n) is 2.93. The van der Waals surface area contributed by atoms with Gasteiger partial charge >= 0.3 is 11.9 Å². The summed E-state index contributed by atoms with van der Waals surface area (Å²) < 4.78 is 16.0. The molecule has 2 saturated heterocycles. The average molecular weight is 270 g/mol. The molecule has 4 atom stereocenters. The van der Waals surface area contributed by atoms with Crippen LogP contribution in [0, 0.1) is 11.8 Å². The maximum Gasteiger partial charge on any atom is 0.312 e. The molecule has 0 aromatic carbocycles. The minimum absolute atomic E-state index is 0.173. The van der Waals surface area contributed by atoms with Crippen molar-refractivity contribution in [3.05, 3.63) is 0 Å². The Morgan fingerprint density at radius 2 is 1.63 bits per heavy atom. The van der Waals surface area contributed by atoms with Gasteiger partial charge in [0.15, 0.2) is 0 Å². The van der Waals surface area contributed by atoms with E-state index >= 15 is 0 Å². The van der Waals surface area contributed by atoms with Gasteiger partial charge in [0.05, 0.1) is 37.3 Å². The molecule has 0 aliphatic carbocycles. The Morgan fingerprint density at radius 1 is 1.05 bits per heavy atom. The Labute approximate surface area is 113 Å². The fraction of sp³-hybridized carbons (Fsp3) is 0.857. The number of esters is 2. The van der Waals surface area contributed by atoms with Gasteiger partial charge in [-0.2, -0.15) is 0 Å². The highest BCUT2D eigenvalue weighted by Crippen LogP contribution is 2.44. The largest absolute Gasteiger partial charge is 0.466 e. The van der Waals surface area contributed by atoms with E-state index in [0.29, 0.717) is 13.2 Å². The Kier molecular flexibility index (Phi) is 4.80. The lowest BCUT2D eigenvalue weighted by Gasteiger charge is -2.24. The molecule has 0 aromatic heterocycles. The molecule has 0 spiro atoms. The molecule has 0 saturated carbocycles. The molecule has 5 nitrogen and oxygen atoms in total. The normalized spacial score (nSPS) is 32.3. The second-order valence-corrected chi connectivity index (χ2v) is 5.12. The number of fused-ring (bicyclic) bond motifs is 2. The summed E-state index contributed by atoms with van der Waals surface area (Å²) in [5.74, 6) is -1.59. The van der Waals surface area contributed by atoms with Crippen molar-refractivity contribution in [3.8, 4) is 0 Å². The van der Waals surface area contributed by atoms with Crippen LogP contribution in [0.5, 0.6) is 0 Å². The summed E-state index contributed by atoms with van der Waals surface area (Å²) in [5.41, 5.74) is 0. The molecule has 2 aliphatic rings. The number of hydrogen-bond acceptors (Lipinski definition) is 5. The molecule has 0 amide bonds. The summed E-state index contributed by atoms with van der Waals surface area (Å²) in [6.07, 6.45) is 3.13. The zero-order valence-electron chi connectivity index (χ0n) is 11.6. The third kappa shape index (κ3) is 2.91. The first kappa shape index (κ1) is 14.3. The van der Waals surface area contributed by atoms with Crippen molar-refractivity contribution in [3.63, 3.8) is 0 Å². The number of unbranched alkanes of at least 4 members (excludes halogenated alkanes) is 1. The van der Waals surface area contributed by atoms with Gasteiger partial charge in [0, 0.05) is 0 Å². The summed E-state index contributed by atoms with van der Waals surface area (Å²) in [5, 5.41) is 0. The van der Waals surface area contributed by atoms with Gasteiger partial charge in [-0.1, -0.05) is 13.3 Å². The van der Waals surface area contributed by atoms with Crippen LogP contribution >= 0.6 is 0 Å². The van der Waals surface area contributed by atoms with Crippen molar-refractivity contribution >= 4 is 11.9 Å². The molecule has 2 fully saturated rings. The highest BCUT2D eigenvalue weighted by atomic mass is 16.6. The summed E-state index contributed by atoms with van der Waals surface area (Å²) >= 11 is 0. The van der Waals surface area contributed by atoms with Crippen LogP contribution < -0.4 is 0 Å². The van der Waals surface area contributed by atoms with Crippen molar-refractivity contribution in [1.29, 1.82) is 0 Å². The summed E-state index contributed by atoms with van der Waals surface area (Å²) in [6.45, 7) is 4.54. The molecular weight excluding hydrogens is 248 g/mol. The molecule has 2 bridgehead atoms. The first-order valence-electron chi connectivity index (χ1n) is 7.17. The van der Waals surface area contributed by atoms with Crippen molar-refractivity contribution in [2.24, 2.45) is 11.8 Å². The van der Waals surface area contributed by atoms with E-state index in [0.717, 1.165) is 25.7 Å². The molecule has 2 aliphatic heterocycles. The van der Waals surface area contributed by atoms with Gasteiger partial charge in [-0.15, -0.1) is 0 Å². The topological polar surface area (TPSA) is 61.8 Å². The number of hydrogen-bond donors (Lipinski definition) is 0. The lowest BCUT2D eigenvalue weighted by Crippen LogP contribution is -2.40. The van der Waals surface area contributed by atoms with E-state index in [1.54, 1.807) is 6.92 Å². The molecule has 2 heterocycles. The smallest absolute Gasteiger partial charge is 0.312 e. The zero-order chi connectivity index (χ0) is 13.8. The van der Waals surface area contributed by atoms with Gasteiger partial charge in [0.25, 0.3) is 0 Å². The van der Waals surface area contributed by atoms with E-state index in [1.807, 2.05) is 6.92 Å². The Morgan fingerprint density at radius 3 is 2.16 bits per heavy atom. The van der Waals surface area contributed by atoms with Crippen LogP contribution in [0.4, 0.5) is 0 Å². The summed E-state index contributed by atoms with van der Waals surface area (Å²) in [7, 11) is 0. The molecule has 0 N–H and O–H groups in total. The van der Waals surface area contributed by atoms with Crippen LogP contribution in [0.1, 0.15) is 39.5 Å². The van der Waals surface area contributed by atoms with Gasteiger partial charge in [0.2, 0.25) is 0 Å². The van der Waals surface area contributed by atoms with E-state index in [-0.39, 0.29) is 24.1 Å². The Hall–Kier alpha value is -1.10. The lowest BCUT2D eigenvalue weighted by molar-refractivity contribution is -0.161. The summed E-state index contributed by atoms with van der Waals surface area (Å²) in [4.78, 5) is 24.1. The van der Waals surface area contributed by atoms with Gasteiger partial charge in [-0.05, 0) is 26.2 Å². The number of ether oxygens (including phenoxy) is 3. The second kappa shape index (κ2) is 6.37. The molecule has 5 heteroatoms. The summed E-state index contributed by atoms with van der Waals surface area (Å²) in [6, 6.07) is 0. The molecular formula is C14H22O5. The zero-order valence-corrected chi connectivity index (χ0v) is 11.6. The minimum atomic E-state index is -0.479. The van der Waals surface area contributed by atoms with E-state index in [1.165, 1.54) is 0 Å². The monoisotopic (exact) mass is 270 g/mol. The molecule has 0 unspecified atom stereocenters.